The number of ether oxygens (including phenoxy) is 2. The molecule has 37 heavy (non-hydrogen) atoms. The Labute approximate surface area is 221 Å². The second kappa shape index (κ2) is 11.0. The van der Waals surface area contributed by atoms with Crippen LogP contribution in [0.1, 0.15) is 49.6 Å². The van der Waals surface area contributed by atoms with Crippen molar-refractivity contribution in [3.8, 4) is 11.6 Å². The SMILES string of the molecule is C=C(C)c1cc(S(=O)(=O)N(C)C2CCCc3c2cnn3CC(=O)OCC)cnc1Oc1ccc(Cl)cc1. The van der Waals surface area contributed by atoms with Gasteiger partial charge in [0.1, 0.15) is 17.2 Å². The van der Waals surface area contributed by atoms with Crippen molar-refractivity contribution in [3.05, 3.63) is 71.1 Å². The molecular formula is C26H29ClN4O5S. The molecule has 0 fully saturated rings. The molecule has 1 aliphatic rings. The normalized spacial score (nSPS) is 15.3. The summed E-state index contributed by atoms with van der Waals surface area (Å²) >= 11 is 5.95. The zero-order chi connectivity index (χ0) is 26.7. The average molecular weight is 545 g/mol. The molecule has 1 atom stereocenters. The minimum Gasteiger partial charge on any atom is -0.465 e. The molecule has 2 aromatic heterocycles. The fourth-order valence-electron chi connectivity index (χ4n) is 4.35. The number of pyridine rings is 1. The van der Waals surface area contributed by atoms with Crippen LogP contribution in [0.2, 0.25) is 5.02 Å². The van der Waals surface area contributed by atoms with Gasteiger partial charge in [-0.1, -0.05) is 18.2 Å². The minimum absolute atomic E-state index is 0.00662. The number of carbonyl (C=O) groups is 1. The van der Waals surface area contributed by atoms with Crippen molar-refractivity contribution < 1.29 is 22.7 Å². The second-order valence-corrected chi connectivity index (χ2v) is 11.2. The Bertz CT molecular complexity index is 1420. The number of fused-ring (bicyclic) bond motifs is 1. The molecule has 1 aliphatic carbocycles. The van der Waals surface area contributed by atoms with Crippen LogP contribution in [0.5, 0.6) is 11.6 Å². The summed E-state index contributed by atoms with van der Waals surface area (Å²) in [5.41, 5.74) is 2.73. The Morgan fingerprint density at radius 1 is 1.27 bits per heavy atom. The molecule has 2 heterocycles. The molecule has 9 nitrogen and oxygen atoms in total. The quantitative estimate of drug-likeness (QED) is 0.348. The highest BCUT2D eigenvalue weighted by atomic mass is 35.5. The van der Waals surface area contributed by atoms with Crippen molar-refractivity contribution >= 4 is 33.2 Å². The predicted molar refractivity (Wildman–Crippen MR) is 140 cm³/mol. The van der Waals surface area contributed by atoms with Gasteiger partial charge in [-0.15, -0.1) is 0 Å². The highest BCUT2D eigenvalue weighted by molar-refractivity contribution is 7.89. The third-order valence-electron chi connectivity index (χ3n) is 6.25. The Kier molecular flexibility index (Phi) is 8.01. The van der Waals surface area contributed by atoms with E-state index in [1.165, 1.54) is 16.6 Å². The van der Waals surface area contributed by atoms with Gasteiger partial charge in [0.25, 0.3) is 0 Å². The largest absolute Gasteiger partial charge is 0.465 e. The number of aromatic nitrogens is 3. The standard InChI is InChI=1S/C26H29ClN4O5S/c1-5-35-25(32)16-31-24-8-6-7-23(22(24)15-29-31)30(4)37(33,34)20-13-21(17(2)3)26(28-14-20)36-19-11-9-18(27)10-12-19/h9-15,23H,2,5-8,16H2,1,3-4H3. The minimum atomic E-state index is -3.93. The zero-order valence-electron chi connectivity index (χ0n) is 21.0. The molecule has 196 valence electrons. The third-order valence-corrected chi connectivity index (χ3v) is 8.33. The smallest absolute Gasteiger partial charge is 0.327 e. The van der Waals surface area contributed by atoms with Gasteiger partial charge in [-0.3, -0.25) is 9.48 Å². The summed E-state index contributed by atoms with van der Waals surface area (Å²) in [6, 6.07) is 7.89. The summed E-state index contributed by atoms with van der Waals surface area (Å²) in [5, 5.41) is 4.92. The van der Waals surface area contributed by atoms with Gasteiger partial charge >= 0.3 is 5.97 Å². The molecule has 4 rings (SSSR count). The number of hydrogen-bond donors (Lipinski definition) is 0. The molecule has 11 heteroatoms. The van der Waals surface area contributed by atoms with Crippen molar-refractivity contribution in [2.24, 2.45) is 0 Å². The molecule has 0 saturated carbocycles. The summed E-state index contributed by atoms with van der Waals surface area (Å²) in [5.74, 6) is 0.383. The van der Waals surface area contributed by atoms with Gasteiger partial charge in [0.05, 0.1) is 25.0 Å². The fraction of sp³-hybridized carbons (Fsp3) is 0.346. The van der Waals surface area contributed by atoms with E-state index >= 15 is 0 Å². The molecule has 1 unspecified atom stereocenters. The van der Waals surface area contributed by atoms with E-state index < -0.39 is 16.1 Å². The summed E-state index contributed by atoms with van der Waals surface area (Å²) < 4.78 is 41.3. The maximum atomic E-state index is 13.7. The van der Waals surface area contributed by atoms with Crippen LogP contribution in [-0.4, -0.2) is 47.1 Å². The number of esters is 1. The van der Waals surface area contributed by atoms with E-state index in [2.05, 4.69) is 16.7 Å². The molecule has 0 bridgehead atoms. The van der Waals surface area contributed by atoms with Crippen LogP contribution >= 0.6 is 11.6 Å². The van der Waals surface area contributed by atoms with E-state index in [1.807, 2.05) is 0 Å². The summed E-state index contributed by atoms with van der Waals surface area (Å²) in [7, 11) is -2.37. The summed E-state index contributed by atoms with van der Waals surface area (Å²) in [4.78, 5) is 16.3. The lowest BCUT2D eigenvalue weighted by Gasteiger charge is -2.31. The molecule has 0 N–H and O–H groups in total. The van der Waals surface area contributed by atoms with Crippen LogP contribution in [0.15, 0.2) is 54.2 Å². The molecule has 1 aromatic carbocycles. The fourth-order valence-corrected chi connectivity index (χ4v) is 5.81. The van der Waals surface area contributed by atoms with Crippen LogP contribution in [0.25, 0.3) is 5.57 Å². The third kappa shape index (κ3) is 5.71. The van der Waals surface area contributed by atoms with Crippen LogP contribution in [0.3, 0.4) is 0 Å². The Hall–Kier alpha value is -3.21. The van der Waals surface area contributed by atoms with Crippen LogP contribution in [0.4, 0.5) is 0 Å². The molecule has 3 aromatic rings. The average Bonchev–Trinajstić information content (AvgIpc) is 3.27. The van der Waals surface area contributed by atoms with Gasteiger partial charge < -0.3 is 9.47 Å². The first kappa shape index (κ1) is 26.8. The number of benzene rings is 1. The number of carbonyl (C=O) groups excluding carboxylic acids is 1. The van der Waals surface area contributed by atoms with Gasteiger partial charge in [0, 0.05) is 28.9 Å². The number of nitrogens with zero attached hydrogens (tertiary/aromatic N) is 4. The number of halogens is 1. The van der Waals surface area contributed by atoms with Crippen molar-refractivity contribution in [2.75, 3.05) is 13.7 Å². The molecule has 0 amide bonds. The van der Waals surface area contributed by atoms with E-state index in [4.69, 9.17) is 21.1 Å². The van der Waals surface area contributed by atoms with Crippen molar-refractivity contribution in [1.29, 1.82) is 0 Å². The van der Waals surface area contributed by atoms with Gasteiger partial charge in [0.15, 0.2) is 0 Å². The number of sulfonamides is 1. The van der Waals surface area contributed by atoms with E-state index in [1.54, 1.807) is 56.0 Å². The molecule has 0 saturated heterocycles. The predicted octanol–water partition coefficient (Wildman–Crippen LogP) is 5.02. The van der Waals surface area contributed by atoms with Crippen LogP contribution in [-0.2, 0) is 32.5 Å². The molecule has 0 spiro atoms. The number of hydrogen-bond acceptors (Lipinski definition) is 7. The first-order valence-electron chi connectivity index (χ1n) is 11.9. The molecule has 0 aliphatic heterocycles. The van der Waals surface area contributed by atoms with E-state index in [-0.39, 0.29) is 29.9 Å². The maximum absolute atomic E-state index is 13.7. The van der Waals surface area contributed by atoms with Crippen LogP contribution < -0.4 is 4.74 Å². The van der Waals surface area contributed by atoms with Crippen molar-refractivity contribution in [1.82, 2.24) is 19.1 Å². The zero-order valence-corrected chi connectivity index (χ0v) is 22.6. The highest BCUT2D eigenvalue weighted by Gasteiger charge is 2.35. The Balaban J connectivity index is 1.62. The van der Waals surface area contributed by atoms with E-state index in [0.717, 1.165) is 17.7 Å². The van der Waals surface area contributed by atoms with E-state index in [0.29, 0.717) is 34.8 Å². The van der Waals surface area contributed by atoms with Gasteiger partial charge in [0.2, 0.25) is 15.9 Å². The number of allylic oxidation sites excluding steroid dienone is 1. The van der Waals surface area contributed by atoms with Crippen molar-refractivity contribution in [2.45, 2.75) is 50.6 Å². The number of rotatable bonds is 9. The lowest BCUT2D eigenvalue weighted by molar-refractivity contribution is -0.144. The second-order valence-electron chi connectivity index (χ2n) is 8.80. The molecule has 0 radical (unpaired) electrons. The Morgan fingerprint density at radius 3 is 2.68 bits per heavy atom. The van der Waals surface area contributed by atoms with E-state index in [9.17, 15) is 13.2 Å². The highest BCUT2D eigenvalue weighted by Crippen LogP contribution is 2.37. The maximum Gasteiger partial charge on any atom is 0.327 e. The lowest BCUT2D eigenvalue weighted by atomic mass is 9.93. The first-order chi connectivity index (χ1) is 17.6. The summed E-state index contributed by atoms with van der Waals surface area (Å²) in [6.07, 6.45) is 5.03. The van der Waals surface area contributed by atoms with Crippen molar-refractivity contribution in [3.63, 3.8) is 0 Å². The molecular weight excluding hydrogens is 516 g/mol. The topological polar surface area (TPSA) is 104 Å². The van der Waals surface area contributed by atoms with Gasteiger partial charge in [-0.2, -0.15) is 9.40 Å². The van der Waals surface area contributed by atoms with Gasteiger partial charge in [-0.25, -0.2) is 13.4 Å². The Morgan fingerprint density at radius 2 is 2.00 bits per heavy atom. The van der Waals surface area contributed by atoms with Crippen LogP contribution in [0, 0.1) is 0 Å². The van der Waals surface area contributed by atoms with Gasteiger partial charge in [-0.05, 0) is 69.0 Å². The lowest BCUT2D eigenvalue weighted by Crippen LogP contribution is -2.33. The monoisotopic (exact) mass is 544 g/mol. The first-order valence-corrected chi connectivity index (χ1v) is 13.7. The summed E-state index contributed by atoms with van der Waals surface area (Å²) in [6.45, 7) is 7.76.